The molecule has 0 aliphatic rings. The van der Waals surface area contributed by atoms with E-state index in [1.165, 1.54) is 6.92 Å². The summed E-state index contributed by atoms with van der Waals surface area (Å²) < 4.78 is 7.49. The Kier molecular flexibility index (Phi) is 10.6. The molecule has 30 heavy (non-hydrogen) atoms. The molecule has 1 heterocycles. The van der Waals surface area contributed by atoms with Crippen LogP contribution in [0.5, 0.6) is 0 Å². The van der Waals surface area contributed by atoms with Crippen LogP contribution in [-0.2, 0) is 26.3 Å². The van der Waals surface area contributed by atoms with E-state index in [-0.39, 0.29) is 40.4 Å². The third kappa shape index (κ3) is 8.49. The number of aromatic nitrogens is 3. The molecule has 2 N–H and O–H groups in total. The molecule has 1 aromatic heterocycles. The number of amides is 2. The summed E-state index contributed by atoms with van der Waals surface area (Å²) in [5.74, 6) is -0.703. The van der Waals surface area contributed by atoms with E-state index in [0.717, 1.165) is 12.1 Å². The first-order valence-corrected chi connectivity index (χ1v) is 10.8. The molecular formula is C21H39N5O4. The Morgan fingerprint density at radius 1 is 1.33 bits per heavy atom. The van der Waals surface area contributed by atoms with E-state index in [4.69, 9.17) is 4.74 Å². The van der Waals surface area contributed by atoms with Crippen molar-refractivity contribution in [1.82, 2.24) is 20.3 Å². The predicted molar refractivity (Wildman–Crippen MR) is 115 cm³/mol. The number of nitrogens with one attached hydrogen (secondary N) is 2. The van der Waals surface area contributed by atoms with Crippen LogP contribution < -0.4 is 10.4 Å². The molecule has 172 valence electrons. The Labute approximate surface area is 180 Å². The van der Waals surface area contributed by atoms with Crippen molar-refractivity contribution in [1.29, 1.82) is 0 Å². The summed E-state index contributed by atoms with van der Waals surface area (Å²) in [4.78, 5) is 23.3. The van der Waals surface area contributed by atoms with Crippen molar-refractivity contribution in [2.24, 2.45) is 5.92 Å². The standard InChI is InChI=1S/C21H39N5O4/c1-8-16(3)26(29)20(28)15(2)13-21(6,7)19-14-25(24-23-19)11-12-30-17(4)9-10-22-18(5)27/h14-17,26H,8-13H2,1-7H3,(H,22,27). The van der Waals surface area contributed by atoms with Crippen LogP contribution in [0.1, 0.15) is 73.4 Å². The lowest BCUT2D eigenvalue weighted by Crippen LogP contribution is -3.14. The highest BCUT2D eigenvalue weighted by Gasteiger charge is 2.32. The van der Waals surface area contributed by atoms with E-state index < -0.39 is 0 Å². The summed E-state index contributed by atoms with van der Waals surface area (Å²) in [6.07, 6.45) is 3.85. The van der Waals surface area contributed by atoms with Gasteiger partial charge in [0.2, 0.25) is 5.91 Å². The highest BCUT2D eigenvalue weighted by atomic mass is 16.5. The van der Waals surface area contributed by atoms with Gasteiger partial charge in [-0.05, 0) is 40.0 Å². The maximum Gasteiger partial charge on any atom is 0.315 e. The zero-order chi connectivity index (χ0) is 22.9. The Morgan fingerprint density at radius 3 is 2.60 bits per heavy atom. The summed E-state index contributed by atoms with van der Waals surface area (Å²) in [6, 6.07) is -0.232. The molecule has 0 bridgehead atoms. The third-order valence-corrected chi connectivity index (χ3v) is 5.45. The average Bonchev–Trinajstić information content (AvgIpc) is 3.15. The van der Waals surface area contributed by atoms with Gasteiger partial charge >= 0.3 is 5.91 Å². The van der Waals surface area contributed by atoms with Crippen molar-refractivity contribution in [3.05, 3.63) is 17.1 Å². The summed E-state index contributed by atoms with van der Waals surface area (Å²) in [5.41, 5.74) is 0.409. The molecule has 0 aliphatic carbocycles. The molecule has 2 amide bonds. The van der Waals surface area contributed by atoms with Crippen molar-refractivity contribution in [3.63, 3.8) is 0 Å². The van der Waals surface area contributed by atoms with Crippen LogP contribution in [0.3, 0.4) is 0 Å². The van der Waals surface area contributed by atoms with Crippen molar-refractivity contribution in [2.45, 2.75) is 91.8 Å². The van der Waals surface area contributed by atoms with Gasteiger partial charge in [-0.15, -0.1) is 5.10 Å². The van der Waals surface area contributed by atoms with Crippen molar-refractivity contribution in [3.8, 4) is 0 Å². The van der Waals surface area contributed by atoms with Crippen molar-refractivity contribution < 1.29 is 19.4 Å². The minimum Gasteiger partial charge on any atom is -0.627 e. The number of hydrogen-bond acceptors (Lipinski definition) is 6. The quantitative estimate of drug-likeness (QED) is 0.460. The average molecular weight is 426 g/mol. The molecule has 0 radical (unpaired) electrons. The smallest absolute Gasteiger partial charge is 0.315 e. The Balaban J connectivity index is 2.53. The molecule has 9 heteroatoms. The first kappa shape index (κ1) is 26.2. The van der Waals surface area contributed by atoms with Crippen LogP contribution in [-0.4, -0.2) is 52.1 Å². The predicted octanol–water partition coefficient (Wildman–Crippen LogP) is 1.22. The van der Waals surface area contributed by atoms with Gasteiger partial charge in [-0.2, -0.15) is 0 Å². The molecule has 0 fully saturated rings. The van der Waals surface area contributed by atoms with Gasteiger partial charge in [0.05, 0.1) is 36.9 Å². The second kappa shape index (κ2) is 12.1. The van der Waals surface area contributed by atoms with E-state index in [0.29, 0.717) is 32.5 Å². The van der Waals surface area contributed by atoms with E-state index in [1.807, 2.05) is 40.8 Å². The van der Waals surface area contributed by atoms with Crippen LogP contribution in [0.15, 0.2) is 6.20 Å². The SMILES string of the molecule is CCC(C)[NH+]([O-])C(=O)C(C)CC(C)(C)c1cn(CCOC(C)CCNC(C)=O)nn1. The number of carbonyl (C=O) groups is 2. The Bertz CT molecular complexity index is 676. The molecule has 0 spiro atoms. The largest absolute Gasteiger partial charge is 0.627 e. The fourth-order valence-electron chi connectivity index (χ4n) is 3.23. The second-order valence-electron chi connectivity index (χ2n) is 8.85. The molecule has 0 saturated carbocycles. The topological polar surface area (TPSA) is 114 Å². The molecule has 0 aromatic carbocycles. The first-order chi connectivity index (χ1) is 14.0. The van der Waals surface area contributed by atoms with Crippen LogP contribution in [0.4, 0.5) is 0 Å². The van der Waals surface area contributed by atoms with Gasteiger partial charge in [-0.25, -0.2) is 9.48 Å². The second-order valence-corrected chi connectivity index (χ2v) is 8.85. The number of ether oxygens (including phenoxy) is 1. The van der Waals surface area contributed by atoms with Crippen LogP contribution in [0.2, 0.25) is 0 Å². The molecule has 1 rings (SSSR count). The molecule has 1 aromatic rings. The molecular weight excluding hydrogens is 386 g/mol. The maximum absolute atomic E-state index is 12.4. The highest BCUT2D eigenvalue weighted by Crippen LogP contribution is 2.28. The third-order valence-electron chi connectivity index (χ3n) is 5.45. The minimum atomic E-state index is -0.379. The van der Waals surface area contributed by atoms with Gasteiger partial charge in [0.15, 0.2) is 0 Å². The number of hydroxylamine groups is 2. The zero-order valence-corrected chi connectivity index (χ0v) is 19.5. The zero-order valence-electron chi connectivity index (χ0n) is 19.5. The first-order valence-electron chi connectivity index (χ1n) is 10.8. The van der Waals surface area contributed by atoms with Crippen molar-refractivity contribution >= 4 is 11.8 Å². The number of hydrogen-bond donors (Lipinski definition) is 2. The lowest BCUT2D eigenvalue weighted by atomic mass is 9.80. The van der Waals surface area contributed by atoms with Gasteiger partial charge < -0.3 is 20.3 Å². The minimum absolute atomic E-state index is 0.0335. The lowest BCUT2D eigenvalue weighted by Gasteiger charge is -2.31. The van der Waals surface area contributed by atoms with E-state index in [9.17, 15) is 14.8 Å². The fraction of sp³-hybridized carbons (Fsp3) is 0.810. The highest BCUT2D eigenvalue weighted by molar-refractivity contribution is 5.72. The Morgan fingerprint density at radius 2 is 2.00 bits per heavy atom. The van der Waals surface area contributed by atoms with Crippen LogP contribution in [0.25, 0.3) is 0 Å². The summed E-state index contributed by atoms with van der Waals surface area (Å²) >= 11 is 0. The summed E-state index contributed by atoms with van der Waals surface area (Å²) in [7, 11) is 0. The van der Waals surface area contributed by atoms with Gasteiger partial charge in [-0.3, -0.25) is 4.79 Å². The van der Waals surface area contributed by atoms with Gasteiger partial charge in [-0.1, -0.05) is 26.0 Å². The lowest BCUT2D eigenvalue weighted by molar-refractivity contribution is -0.795. The Hall–Kier alpha value is -1.84. The molecule has 9 nitrogen and oxygen atoms in total. The van der Waals surface area contributed by atoms with E-state index >= 15 is 0 Å². The fourth-order valence-corrected chi connectivity index (χ4v) is 3.23. The maximum atomic E-state index is 12.4. The summed E-state index contributed by atoms with van der Waals surface area (Å²) in [5, 5.41) is 23.1. The molecule has 4 unspecified atom stereocenters. The molecule has 0 saturated heterocycles. The normalized spacial score (nSPS) is 16.0. The number of nitrogens with zero attached hydrogens (tertiary/aromatic N) is 3. The van der Waals surface area contributed by atoms with Crippen LogP contribution >= 0.6 is 0 Å². The number of quaternary nitrogens is 1. The van der Waals surface area contributed by atoms with Gasteiger partial charge in [0, 0.05) is 25.1 Å². The molecule has 4 atom stereocenters. The number of rotatable bonds is 13. The number of carbonyl (C=O) groups excluding carboxylic acids is 2. The van der Waals surface area contributed by atoms with Gasteiger partial charge in [0.1, 0.15) is 0 Å². The monoisotopic (exact) mass is 425 g/mol. The molecule has 0 aliphatic heterocycles. The summed E-state index contributed by atoms with van der Waals surface area (Å²) in [6.45, 7) is 14.7. The van der Waals surface area contributed by atoms with Crippen molar-refractivity contribution in [2.75, 3.05) is 13.2 Å². The van der Waals surface area contributed by atoms with Crippen LogP contribution in [0, 0.1) is 11.1 Å². The van der Waals surface area contributed by atoms with Gasteiger partial charge in [0.25, 0.3) is 0 Å². The van der Waals surface area contributed by atoms with E-state index in [1.54, 1.807) is 11.6 Å². The van der Waals surface area contributed by atoms with E-state index in [2.05, 4.69) is 15.6 Å².